The predicted octanol–water partition coefficient (Wildman–Crippen LogP) is 2.80. The third kappa shape index (κ3) is 4.58. The van der Waals surface area contributed by atoms with Crippen molar-refractivity contribution in [2.24, 2.45) is 5.92 Å². The molecule has 0 radical (unpaired) electrons. The average Bonchev–Trinajstić information content (AvgIpc) is 3.41. The molecule has 2 aliphatic heterocycles. The number of hydrogen-bond acceptors (Lipinski definition) is 6. The molecule has 154 valence electrons. The highest BCUT2D eigenvalue weighted by molar-refractivity contribution is 7.19. The Morgan fingerprint density at radius 2 is 1.90 bits per heavy atom. The second-order valence-electron chi connectivity index (χ2n) is 7.83. The molecule has 0 spiro atoms. The summed E-state index contributed by atoms with van der Waals surface area (Å²) in [5.41, 5.74) is 1.24. The lowest BCUT2D eigenvalue weighted by Gasteiger charge is -2.31. The zero-order chi connectivity index (χ0) is 20.2. The van der Waals surface area contributed by atoms with Crippen LogP contribution in [0.1, 0.15) is 44.1 Å². The molecule has 7 nitrogen and oxygen atoms in total. The van der Waals surface area contributed by atoms with Gasteiger partial charge in [0.05, 0.1) is 0 Å². The van der Waals surface area contributed by atoms with Crippen LogP contribution in [0.2, 0.25) is 0 Å². The number of piperidine rings is 1. The Labute approximate surface area is 175 Å². The van der Waals surface area contributed by atoms with E-state index in [1.807, 2.05) is 18.2 Å². The van der Waals surface area contributed by atoms with Gasteiger partial charge in [-0.15, -0.1) is 10.2 Å². The summed E-state index contributed by atoms with van der Waals surface area (Å²) in [5.74, 6) is 0.621. The minimum atomic E-state index is 0.0433. The van der Waals surface area contributed by atoms with Gasteiger partial charge in [-0.2, -0.15) is 0 Å². The molecule has 3 heterocycles. The lowest BCUT2D eigenvalue weighted by atomic mass is 9.95. The van der Waals surface area contributed by atoms with E-state index in [4.69, 9.17) is 0 Å². The van der Waals surface area contributed by atoms with Crippen molar-refractivity contribution in [3.05, 3.63) is 35.9 Å². The lowest BCUT2D eigenvalue weighted by Crippen LogP contribution is -2.41. The van der Waals surface area contributed by atoms with Crippen LogP contribution in [0.5, 0.6) is 0 Å². The number of carbonyl (C=O) groups excluding carboxylic acids is 2. The van der Waals surface area contributed by atoms with E-state index in [9.17, 15) is 9.59 Å². The van der Waals surface area contributed by atoms with Crippen molar-refractivity contribution in [3.8, 4) is 0 Å². The van der Waals surface area contributed by atoms with Crippen LogP contribution in [-0.4, -0.2) is 48.2 Å². The van der Waals surface area contributed by atoms with Gasteiger partial charge in [0.2, 0.25) is 22.1 Å². The largest absolute Gasteiger partial charge is 0.355 e. The Hall–Kier alpha value is -2.48. The van der Waals surface area contributed by atoms with Crippen LogP contribution in [0.15, 0.2) is 30.3 Å². The Morgan fingerprint density at radius 1 is 1.17 bits per heavy atom. The third-order valence-corrected chi connectivity index (χ3v) is 6.80. The molecule has 2 amide bonds. The number of aromatic nitrogens is 2. The van der Waals surface area contributed by atoms with Crippen molar-refractivity contribution in [2.45, 2.75) is 38.5 Å². The SMILES string of the molecule is CC(CNC(=O)C1CCN(c2nnc(N3CCCC3=O)s2)CC1)c1ccccc1. The minimum absolute atomic E-state index is 0.0433. The van der Waals surface area contributed by atoms with Gasteiger partial charge in [-0.1, -0.05) is 48.6 Å². The molecule has 0 aliphatic carbocycles. The first-order valence-corrected chi connectivity index (χ1v) is 11.1. The summed E-state index contributed by atoms with van der Waals surface area (Å²) in [6, 6.07) is 10.3. The molecule has 8 heteroatoms. The topological polar surface area (TPSA) is 78.4 Å². The van der Waals surface area contributed by atoms with Crippen LogP contribution in [0.25, 0.3) is 0 Å². The van der Waals surface area contributed by atoms with Crippen LogP contribution in [0.4, 0.5) is 10.3 Å². The van der Waals surface area contributed by atoms with Crippen LogP contribution in [-0.2, 0) is 9.59 Å². The monoisotopic (exact) mass is 413 g/mol. The summed E-state index contributed by atoms with van der Waals surface area (Å²) in [5, 5.41) is 13.2. The molecule has 0 saturated carbocycles. The number of rotatable bonds is 6. The highest BCUT2D eigenvalue weighted by Crippen LogP contribution is 2.32. The summed E-state index contributed by atoms with van der Waals surface area (Å²) in [4.78, 5) is 28.4. The third-order valence-electron chi connectivity index (χ3n) is 5.80. The van der Waals surface area contributed by atoms with Gasteiger partial charge in [0, 0.05) is 38.5 Å². The van der Waals surface area contributed by atoms with Crippen molar-refractivity contribution in [2.75, 3.05) is 36.0 Å². The van der Waals surface area contributed by atoms with Gasteiger partial charge >= 0.3 is 0 Å². The summed E-state index contributed by atoms with van der Waals surface area (Å²) >= 11 is 1.47. The fraction of sp³-hybridized carbons (Fsp3) is 0.524. The van der Waals surface area contributed by atoms with Gasteiger partial charge in [0.15, 0.2) is 0 Å². The maximum absolute atomic E-state index is 12.6. The minimum Gasteiger partial charge on any atom is -0.355 e. The molecule has 29 heavy (non-hydrogen) atoms. The molecule has 1 atom stereocenters. The van der Waals surface area contributed by atoms with Crippen molar-refractivity contribution >= 4 is 33.4 Å². The molecule has 2 aliphatic rings. The fourth-order valence-corrected chi connectivity index (χ4v) is 4.87. The van der Waals surface area contributed by atoms with E-state index < -0.39 is 0 Å². The van der Waals surface area contributed by atoms with Crippen LogP contribution in [0, 0.1) is 5.92 Å². The number of benzene rings is 1. The first kappa shape index (κ1) is 19.8. The van der Waals surface area contributed by atoms with Crippen LogP contribution in [0.3, 0.4) is 0 Å². The quantitative estimate of drug-likeness (QED) is 0.788. The standard InChI is InChI=1S/C21H27N5O2S/c1-15(16-6-3-2-4-7-16)14-22-19(28)17-9-12-25(13-10-17)20-23-24-21(29-20)26-11-5-8-18(26)27/h2-4,6-7,15,17H,5,8-14H2,1H3,(H,22,28). The second-order valence-corrected chi connectivity index (χ2v) is 8.77. The molecule has 1 N–H and O–H groups in total. The first-order chi connectivity index (χ1) is 14.1. The van der Waals surface area contributed by atoms with E-state index in [1.54, 1.807) is 4.90 Å². The maximum atomic E-state index is 12.6. The van der Waals surface area contributed by atoms with E-state index in [1.165, 1.54) is 16.9 Å². The molecule has 4 rings (SSSR count). The van der Waals surface area contributed by atoms with Gasteiger partial charge in [0.1, 0.15) is 0 Å². The smallest absolute Gasteiger partial charge is 0.228 e. The summed E-state index contributed by atoms with van der Waals surface area (Å²) in [6.07, 6.45) is 3.10. The highest BCUT2D eigenvalue weighted by atomic mass is 32.1. The summed E-state index contributed by atoms with van der Waals surface area (Å²) < 4.78 is 0. The molecular formula is C21H27N5O2S. The van der Waals surface area contributed by atoms with E-state index >= 15 is 0 Å². The predicted molar refractivity (Wildman–Crippen MR) is 114 cm³/mol. The number of carbonyl (C=O) groups is 2. The second kappa shape index (κ2) is 8.90. The Balaban J connectivity index is 1.25. The molecule has 1 aromatic heterocycles. The Bertz CT molecular complexity index is 848. The molecule has 1 aromatic carbocycles. The van der Waals surface area contributed by atoms with Gasteiger partial charge in [-0.25, -0.2) is 0 Å². The number of anilines is 2. The van der Waals surface area contributed by atoms with Crippen LogP contribution < -0.4 is 15.1 Å². The number of nitrogens with one attached hydrogen (secondary N) is 1. The van der Waals surface area contributed by atoms with E-state index in [-0.39, 0.29) is 17.7 Å². The number of amides is 2. The van der Waals surface area contributed by atoms with Gasteiger partial charge in [-0.05, 0) is 30.7 Å². The zero-order valence-corrected chi connectivity index (χ0v) is 17.5. The van der Waals surface area contributed by atoms with Crippen LogP contribution >= 0.6 is 11.3 Å². The average molecular weight is 414 g/mol. The maximum Gasteiger partial charge on any atom is 0.228 e. The lowest BCUT2D eigenvalue weighted by molar-refractivity contribution is -0.125. The van der Waals surface area contributed by atoms with E-state index in [0.717, 1.165) is 44.0 Å². The van der Waals surface area contributed by atoms with E-state index in [2.05, 4.69) is 39.5 Å². The molecule has 2 fully saturated rings. The van der Waals surface area contributed by atoms with Gasteiger partial charge < -0.3 is 10.2 Å². The highest BCUT2D eigenvalue weighted by Gasteiger charge is 2.29. The van der Waals surface area contributed by atoms with Gasteiger partial charge in [-0.3, -0.25) is 14.5 Å². The van der Waals surface area contributed by atoms with Gasteiger partial charge in [0.25, 0.3) is 0 Å². The number of hydrogen-bond donors (Lipinski definition) is 1. The van der Waals surface area contributed by atoms with E-state index in [0.29, 0.717) is 24.0 Å². The normalized spacial score (nSPS) is 18.9. The molecule has 2 saturated heterocycles. The van der Waals surface area contributed by atoms with Crippen molar-refractivity contribution in [1.29, 1.82) is 0 Å². The first-order valence-electron chi connectivity index (χ1n) is 10.3. The van der Waals surface area contributed by atoms with Crippen molar-refractivity contribution in [1.82, 2.24) is 15.5 Å². The molecule has 0 bridgehead atoms. The zero-order valence-electron chi connectivity index (χ0n) is 16.7. The molecular weight excluding hydrogens is 386 g/mol. The summed E-state index contributed by atoms with van der Waals surface area (Å²) in [6.45, 7) is 5.10. The molecule has 2 aromatic rings. The number of nitrogens with zero attached hydrogens (tertiary/aromatic N) is 4. The Morgan fingerprint density at radius 3 is 2.59 bits per heavy atom. The molecule has 1 unspecified atom stereocenters. The Kier molecular flexibility index (Phi) is 6.08. The van der Waals surface area contributed by atoms with Crippen molar-refractivity contribution in [3.63, 3.8) is 0 Å². The summed E-state index contributed by atoms with van der Waals surface area (Å²) in [7, 11) is 0. The van der Waals surface area contributed by atoms with Crippen molar-refractivity contribution < 1.29 is 9.59 Å². The fourth-order valence-electron chi connectivity index (χ4n) is 3.93.